The first-order chi connectivity index (χ1) is 10.1. The van der Waals surface area contributed by atoms with E-state index >= 15 is 0 Å². The number of hydrogen-bond acceptors (Lipinski definition) is 2. The van der Waals surface area contributed by atoms with Gasteiger partial charge in [0.15, 0.2) is 5.96 Å². The van der Waals surface area contributed by atoms with Gasteiger partial charge in [0.1, 0.15) is 0 Å². The largest absolute Gasteiger partial charge is 0.396 e. The molecule has 0 amide bonds. The van der Waals surface area contributed by atoms with Crippen LogP contribution >= 0.6 is 0 Å². The maximum absolute atomic E-state index is 9.09. The molecule has 0 aliphatic carbocycles. The van der Waals surface area contributed by atoms with Crippen LogP contribution in [0.15, 0.2) is 35.3 Å². The first-order valence-electron chi connectivity index (χ1n) is 7.80. The minimum atomic E-state index is 0.217. The smallest absolute Gasteiger partial charge is 0.188 e. The molecule has 0 radical (unpaired) electrons. The molecule has 1 unspecified atom stereocenters. The third-order valence-electron chi connectivity index (χ3n) is 3.42. The van der Waals surface area contributed by atoms with E-state index < -0.39 is 0 Å². The van der Waals surface area contributed by atoms with Gasteiger partial charge in [0.05, 0.1) is 0 Å². The highest BCUT2D eigenvalue weighted by atomic mass is 16.3. The number of nitrogens with two attached hydrogens (primary N) is 1. The number of aliphatic hydroxyl groups is 1. The van der Waals surface area contributed by atoms with Crippen molar-refractivity contribution in [2.45, 2.75) is 33.1 Å². The number of guanidine groups is 1. The van der Waals surface area contributed by atoms with Gasteiger partial charge in [0.25, 0.3) is 0 Å². The molecule has 4 heteroatoms. The third kappa shape index (κ3) is 8.35. The van der Waals surface area contributed by atoms with Crippen molar-refractivity contribution >= 4 is 5.96 Å². The Hall–Kier alpha value is -1.55. The van der Waals surface area contributed by atoms with Crippen molar-refractivity contribution in [2.75, 3.05) is 19.7 Å². The summed E-state index contributed by atoms with van der Waals surface area (Å²) in [5.41, 5.74) is 7.18. The van der Waals surface area contributed by atoms with E-state index in [0.29, 0.717) is 24.3 Å². The molecule has 0 aromatic heterocycles. The molecule has 0 aliphatic rings. The van der Waals surface area contributed by atoms with E-state index in [9.17, 15) is 0 Å². The molecule has 4 N–H and O–H groups in total. The van der Waals surface area contributed by atoms with Gasteiger partial charge >= 0.3 is 0 Å². The number of rotatable bonds is 9. The van der Waals surface area contributed by atoms with Crippen LogP contribution in [0.2, 0.25) is 0 Å². The zero-order chi connectivity index (χ0) is 15.5. The predicted molar refractivity (Wildman–Crippen MR) is 89.3 cm³/mol. The second kappa shape index (κ2) is 10.2. The van der Waals surface area contributed by atoms with E-state index in [-0.39, 0.29) is 6.61 Å². The fourth-order valence-corrected chi connectivity index (χ4v) is 2.40. The Labute approximate surface area is 128 Å². The van der Waals surface area contributed by atoms with Gasteiger partial charge in [-0.25, -0.2) is 0 Å². The van der Waals surface area contributed by atoms with Crippen LogP contribution in [0.5, 0.6) is 0 Å². The highest BCUT2D eigenvalue weighted by molar-refractivity contribution is 5.77. The number of nitrogens with one attached hydrogen (secondary N) is 1. The van der Waals surface area contributed by atoms with Crippen LogP contribution in [0.4, 0.5) is 0 Å². The molecule has 0 spiro atoms. The summed E-state index contributed by atoms with van der Waals surface area (Å²) in [7, 11) is 0. The molecule has 1 rings (SSSR count). The summed E-state index contributed by atoms with van der Waals surface area (Å²) >= 11 is 0. The number of aliphatic hydroxyl groups excluding tert-OH is 1. The SMILES string of the molecule is CC(C)CC(CCO)CN=C(N)NCCc1ccccc1. The van der Waals surface area contributed by atoms with Crippen LogP contribution in [-0.2, 0) is 6.42 Å². The molecule has 0 saturated heterocycles. The maximum atomic E-state index is 9.09. The minimum absolute atomic E-state index is 0.217. The molecule has 1 aromatic carbocycles. The highest BCUT2D eigenvalue weighted by Crippen LogP contribution is 2.15. The Morgan fingerprint density at radius 2 is 2.00 bits per heavy atom. The molecule has 1 atom stereocenters. The minimum Gasteiger partial charge on any atom is -0.396 e. The molecule has 21 heavy (non-hydrogen) atoms. The van der Waals surface area contributed by atoms with Crippen molar-refractivity contribution in [1.29, 1.82) is 0 Å². The summed E-state index contributed by atoms with van der Waals surface area (Å²) in [6.45, 7) is 6.07. The number of benzene rings is 1. The Balaban J connectivity index is 2.30. The average Bonchev–Trinajstić information content (AvgIpc) is 2.45. The summed E-state index contributed by atoms with van der Waals surface area (Å²) in [6.07, 6.45) is 2.80. The number of hydrogen-bond donors (Lipinski definition) is 3. The van der Waals surface area contributed by atoms with Crippen molar-refractivity contribution in [2.24, 2.45) is 22.6 Å². The molecular formula is C17H29N3O. The Bertz CT molecular complexity index is 404. The van der Waals surface area contributed by atoms with E-state index in [0.717, 1.165) is 25.8 Å². The van der Waals surface area contributed by atoms with E-state index in [2.05, 4.69) is 36.3 Å². The monoisotopic (exact) mass is 291 g/mol. The van der Waals surface area contributed by atoms with E-state index in [1.807, 2.05) is 18.2 Å². The fraction of sp³-hybridized carbons (Fsp3) is 0.588. The molecule has 4 nitrogen and oxygen atoms in total. The third-order valence-corrected chi connectivity index (χ3v) is 3.42. The molecular weight excluding hydrogens is 262 g/mol. The molecule has 0 heterocycles. The van der Waals surface area contributed by atoms with Gasteiger partial charge in [-0.2, -0.15) is 0 Å². The van der Waals surface area contributed by atoms with Crippen LogP contribution in [-0.4, -0.2) is 30.8 Å². The van der Waals surface area contributed by atoms with Gasteiger partial charge in [0, 0.05) is 19.7 Å². The van der Waals surface area contributed by atoms with Crippen LogP contribution in [0.25, 0.3) is 0 Å². The zero-order valence-corrected chi connectivity index (χ0v) is 13.3. The Morgan fingerprint density at radius 1 is 1.29 bits per heavy atom. The normalized spacial score (nSPS) is 13.4. The fourth-order valence-electron chi connectivity index (χ4n) is 2.40. The van der Waals surface area contributed by atoms with Crippen molar-refractivity contribution < 1.29 is 5.11 Å². The van der Waals surface area contributed by atoms with E-state index in [1.165, 1.54) is 5.56 Å². The summed E-state index contributed by atoms with van der Waals surface area (Å²) in [5, 5.41) is 12.2. The summed E-state index contributed by atoms with van der Waals surface area (Å²) in [6, 6.07) is 10.3. The predicted octanol–water partition coefficient (Wildman–Crippen LogP) is 2.18. The van der Waals surface area contributed by atoms with Gasteiger partial charge < -0.3 is 16.2 Å². The lowest BCUT2D eigenvalue weighted by Crippen LogP contribution is -2.33. The van der Waals surface area contributed by atoms with Gasteiger partial charge in [-0.1, -0.05) is 44.2 Å². The van der Waals surface area contributed by atoms with Crippen molar-refractivity contribution in [1.82, 2.24) is 5.32 Å². The van der Waals surface area contributed by atoms with Gasteiger partial charge in [-0.3, -0.25) is 4.99 Å². The summed E-state index contributed by atoms with van der Waals surface area (Å²) in [4.78, 5) is 4.40. The lowest BCUT2D eigenvalue weighted by molar-refractivity contribution is 0.246. The van der Waals surface area contributed by atoms with E-state index in [1.54, 1.807) is 0 Å². The number of aliphatic imine (C=N–C) groups is 1. The van der Waals surface area contributed by atoms with Crippen LogP contribution in [0, 0.1) is 11.8 Å². The van der Waals surface area contributed by atoms with Gasteiger partial charge in [0.2, 0.25) is 0 Å². The standard InChI is InChI=1S/C17H29N3O/c1-14(2)12-16(9-11-21)13-20-17(18)19-10-8-15-6-4-3-5-7-15/h3-7,14,16,21H,8-13H2,1-2H3,(H3,18,19,20). The van der Waals surface area contributed by atoms with Crippen molar-refractivity contribution in [3.63, 3.8) is 0 Å². The summed E-state index contributed by atoms with van der Waals surface area (Å²) < 4.78 is 0. The molecule has 118 valence electrons. The van der Waals surface area contributed by atoms with Crippen LogP contribution in [0.3, 0.4) is 0 Å². The number of nitrogens with zero attached hydrogens (tertiary/aromatic N) is 1. The zero-order valence-electron chi connectivity index (χ0n) is 13.3. The Morgan fingerprint density at radius 3 is 2.62 bits per heavy atom. The maximum Gasteiger partial charge on any atom is 0.188 e. The first kappa shape index (κ1) is 17.5. The van der Waals surface area contributed by atoms with Crippen molar-refractivity contribution in [3.05, 3.63) is 35.9 Å². The lowest BCUT2D eigenvalue weighted by Gasteiger charge is -2.16. The summed E-state index contributed by atoms with van der Waals surface area (Å²) in [5.74, 6) is 1.52. The van der Waals surface area contributed by atoms with Crippen LogP contribution in [0.1, 0.15) is 32.3 Å². The molecule has 0 fully saturated rings. The van der Waals surface area contributed by atoms with Gasteiger partial charge in [-0.05, 0) is 36.7 Å². The Kier molecular flexibility index (Phi) is 8.51. The van der Waals surface area contributed by atoms with Gasteiger partial charge in [-0.15, -0.1) is 0 Å². The highest BCUT2D eigenvalue weighted by Gasteiger charge is 2.10. The topological polar surface area (TPSA) is 70.6 Å². The van der Waals surface area contributed by atoms with E-state index in [4.69, 9.17) is 10.8 Å². The average molecular weight is 291 g/mol. The molecule has 0 aliphatic heterocycles. The molecule has 1 aromatic rings. The quantitative estimate of drug-likeness (QED) is 0.482. The first-order valence-corrected chi connectivity index (χ1v) is 7.80. The second-order valence-electron chi connectivity index (χ2n) is 5.90. The van der Waals surface area contributed by atoms with Crippen LogP contribution < -0.4 is 11.1 Å². The molecule has 0 bridgehead atoms. The second-order valence-corrected chi connectivity index (χ2v) is 5.90. The van der Waals surface area contributed by atoms with Crippen molar-refractivity contribution in [3.8, 4) is 0 Å². The lowest BCUT2D eigenvalue weighted by atomic mass is 9.94. The molecule has 0 saturated carbocycles.